The number of rotatable bonds is 4. The molecule has 0 aliphatic carbocycles. The number of nitrogens with one attached hydrogen (secondary N) is 1. The first-order chi connectivity index (χ1) is 9.84. The number of para-hydroxylation sites is 2. The third-order valence-corrected chi connectivity index (χ3v) is 3.12. The van der Waals surface area contributed by atoms with Crippen LogP contribution in [0.5, 0.6) is 0 Å². The van der Waals surface area contributed by atoms with Gasteiger partial charge in [-0.2, -0.15) is 0 Å². The largest absolute Gasteiger partial charge is 0.337 e. The van der Waals surface area contributed by atoms with Crippen molar-refractivity contribution in [2.24, 2.45) is 0 Å². The molecule has 1 N–H and O–H groups in total. The van der Waals surface area contributed by atoms with Crippen LogP contribution in [0.3, 0.4) is 0 Å². The molecule has 0 unspecified atom stereocenters. The Labute approximate surface area is 116 Å². The molecule has 2 heterocycles. The van der Waals surface area contributed by atoms with E-state index >= 15 is 0 Å². The summed E-state index contributed by atoms with van der Waals surface area (Å²) in [5.41, 5.74) is 2.11. The van der Waals surface area contributed by atoms with E-state index in [1.807, 2.05) is 30.6 Å². The van der Waals surface area contributed by atoms with Gasteiger partial charge >= 0.3 is 6.03 Å². The van der Waals surface area contributed by atoms with Gasteiger partial charge in [-0.05, 0) is 18.6 Å². The van der Waals surface area contributed by atoms with Crippen LogP contribution in [0.4, 0.5) is 4.79 Å². The smallest absolute Gasteiger partial charge is 0.326 e. The number of nitrogens with zero attached hydrogens (tertiary/aromatic N) is 4. The molecule has 0 saturated carbocycles. The van der Waals surface area contributed by atoms with Crippen LogP contribution in [0.1, 0.15) is 6.42 Å². The fourth-order valence-electron chi connectivity index (χ4n) is 2.10. The first-order valence-electron chi connectivity index (χ1n) is 6.50. The highest BCUT2D eigenvalue weighted by molar-refractivity contribution is 5.76. The second-order valence-electron chi connectivity index (χ2n) is 4.48. The first kappa shape index (κ1) is 12.4. The van der Waals surface area contributed by atoms with Gasteiger partial charge in [0, 0.05) is 25.5 Å². The van der Waals surface area contributed by atoms with Gasteiger partial charge in [0.05, 0.1) is 17.4 Å². The van der Waals surface area contributed by atoms with Crippen LogP contribution in [0.25, 0.3) is 11.0 Å². The van der Waals surface area contributed by atoms with Gasteiger partial charge in [0.25, 0.3) is 0 Å². The van der Waals surface area contributed by atoms with Crippen molar-refractivity contribution in [2.45, 2.75) is 13.0 Å². The molecule has 1 amide bonds. The molecule has 0 aliphatic heterocycles. The minimum absolute atomic E-state index is 0.155. The van der Waals surface area contributed by atoms with Gasteiger partial charge in [-0.1, -0.05) is 12.1 Å². The lowest BCUT2D eigenvalue weighted by atomic mass is 10.3. The number of aryl methyl sites for hydroxylation is 1. The lowest BCUT2D eigenvalue weighted by Gasteiger charge is -2.06. The second kappa shape index (κ2) is 5.56. The quantitative estimate of drug-likeness (QED) is 0.735. The number of aromatic nitrogens is 4. The number of hydrogen-bond acceptors (Lipinski definition) is 3. The van der Waals surface area contributed by atoms with Crippen LogP contribution in [-0.4, -0.2) is 31.7 Å². The zero-order valence-corrected chi connectivity index (χ0v) is 10.9. The van der Waals surface area contributed by atoms with Crippen molar-refractivity contribution in [1.29, 1.82) is 0 Å². The molecule has 3 rings (SSSR count). The number of fused-ring (bicyclic) bond motifs is 1. The summed E-state index contributed by atoms with van der Waals surface area (Å²) in [5.74, 6) is 0. The Hall–Kier alpha value is -2.63. The monoisotopic (exact) mass is 269 g/mol. The fraction of sp³-hybridized carbons (Fsp3) is 0.214. The van der Waals surface area contributed by atoms with Crippen molar-refractivity contribution in [3.63, 3.8) is 0 Å². The zero-order valence-electron chi connectivity index (χ0n) is 10.9. The van der Waals surface area contributed by atoms with Gasteiger partial charge in [-0.15, -0.1) is 0 Å². The van der Waals surface area contributed by atoms with Crippen LogP contribution in [-0.2, 0) is 6.54 Å². The van der Waals surface area contributed by atoms with E-state index in [2.05, 4.69) is 19.9 Å². The molecule has 6 heteroatoms. The molecule has 0 saturated heterocycles. The van der Waals surface area contributed by atoms with Crippen molar-refractivity contribution < 1.29 is 4.79 Å². The van der Waals surface area contributed by atoms with Crippen LogP contribution >= 0.6 is 0 Å². The highest BCUT2D eigenvalue weighted by Gasteiger charge is 2.03. The van der Waals surface area contributed by atoms with Gasteiger partial charge in [-0.25, -0.2) is 14.8 Å². The van der Waals surface area contributed by atoms with E-state index < -0.39 is 0 Å². The van der Waals surface area contributed by atoms with Crippen LogP contribution in [0, 0.1) is 0 Å². The van der Waals surface area contributed by atoms with E-state index in [0.29, 0.717) is 6.54 Å². The molecule has 1 aromatic carbocycles. The normalized spacial score (nSPS) is 10.8. The zero-order chi connectivity index (χ0) is 13.8. The minimum Gasteiger partial charge on any atom is -0.337 e. The molecule has 0 bridgehead atoms. The topological polar surface area (TPSA) is 64.7 Å². The fourth-order valence-corrected chi connectivity index (χ4v) is 2.10. The van der Waals surface area contributed by atoms with Crippen LogP contribution < -0.4 is 5.32 Å². The van der Waals surface area contributed by atoms with Gasteiger partial charge in [0.2, 0.25) is 0 Å². The number of amides is 1. The summed E-state index contributed by atoms with van der Waals surface area (Å²) in [6.07, 6.45) is 7.37. The van der Waals surface area contributed by atoms with Gasteiger partial charge < -0.3 is 9.88 Å². The summed E-state index contributed by atoms with van der Waals surface area (Å²) in [6.45, 7) is 1.44. The highest BCUT2D eigenvalue weighted by atomic mass is 16.2. The predicted molar refractivity (Wildman–Crippen MR) is 75.4 cm³/mol. The maximum absolute atomic E-state index is 11.7. The van der Waals surface area contributed by atoms with Gasteiger partial charge in [0.15, 0.2) is 0 Å². The summed E-state index contributed by atoms with van der Waals surface area (Å²) in [4.78, 5) is 19.8. The summed E-state index contributed by atoms with van der Waals surface area (Å²) in [7, 11) is 0. The maximum atomic E-state index is 11.7. The predicted octanol–water partition coefficient (Wildman–Crippen LogP) is 1.88. The van der Waals surface area contributed by atoms with E-state index in [4.69, 9.17) is 0 Å². The Morgan fingerprint density at radius 3 is 3.00 bits per heavy atom. The summed E-state index contributed by atoms with van der Waals surface area (Å²) in [5, 5.41) is 2.85. The standard InChI is InChI=1S/C14H15N5O/c20-14(19-9-7-15-10-19)16-6-3-8-18-11-17-12-4-1-2-5-13(12)18/h1-2,4-5,7,9-11H,3,6,8H2,(H,16,20). The molecule has 3 aromatic rings. The van der Waals surface area contributed by atoms with E-state index in [-0.39, 0.29) is 6.03 Å². The molecule has 0 spiro atoms. The number of hydrogen-bond donors (Lipinski definition) is 1. The molecule has 0 atom stereocenters. The third kappa shape index (κ3) is 2.54. The first-order valence-corrected chi connectivity index (χ1v) is 6.50. The second-order valence-corrected chi connectivity index (χ2v) is 4.48. The molecular formula is C14H15N5O. The average Bonchev–Trinajstić information content (AvgIpc) is 3.13. The summed E-state index contributed by atoms with van der Waals surface area (Å²) in [6, 6.07) is 7.86. The number of imidazole rings is 2. The maximum Gasteiger partial charge on any atom is 0.326 e. The van der Waals surface area contributed by atoms with Crippen molar-refractivity contribution in [3.8, 4) is 0 Å². The number of carbonyl (C=O) groups is 1. The molecule has 20 heavy (non-hydrogen) atoms. The molecule has 0 fully saturated rings. The Kier molecular flexibility index (Phi) is 3.45. The summed E-state index contributed by atoms with van der Waals surface area (Å²) < 4.78 is 3.52. The van der Waals surface area contributed by atoms with Crippen molar-refractivity contribution in [2.75, 3.05) is 6.54 Å². The van der Waals surface area contributed by atoms with Gasteiger partial charge in [0.1, 0.15) is 6.33 Å². The highest BCUT2D eigenvalue weighted by Crippen LogP contribution is 2.11. The SMILES string of the molecule is O=C(NCCCn1cnc2ccccc21)n1ccnc1. The lowest BCUT2D eigenvalue weighted by Crippen LogP contribution is -2.28. The van der Waals surface area contributed by atoms with E-state index in [1.54, 1.807) is 12.4 Å². The Balaban J connectivity index is 1.52. The Morgan fingerprint density at radius 1 is 1.25 bits per heavy atom. The molecule has 102 valence electrons. The third-order valence-electron chi connectivity index (χ3n) is 3.12. The van der Waals surface area contributed by atoms with Crippen molar-refractivity contribution in [1.82, 2.24) is 24.4 Å². The van der Waals surface area contributed by atoms with E-state index in [0.717, 1.165) is 24.0 Å². The Morgan fingerprint density at radius 2 is 2.15 bits per heavy atom. The van der Waals surface area contributed by atoms with Crippen LogP contribution in [0.2, 0.25) is 0 Å². The molecule has 0 radical (unpaired) electrons. The molecule has 6 nitrogen and oxygen atoms in total. The Bertz CT molecular complexity index is 701. The van der Waals surface area contributed by atoms with Crippen LogP contribution in [0.15, 0.2) is 49.3 Å². The lowest BCUT2D eigenvalue weighted by molar-refractivity contribution is 0.242. The van der Waals surface area contributed by atoms with E-state index in [9.17, 15) is 4.79 Å². The number of carbonyl (C=O) groups excluding carboxylic acids is 1. The van der Waals surface area contributed by atoms with Crippen molar-refractivity contribution >= 4 is 17.1 Å². The number of benzene rings is 1. The average molecular weight is 269 g/mol. The van der Waals surface area contributed by atoms with Gasteiger partial charge in [-0.3, -0.25) is 4.57 Å². The minimum atomic E-state index is -0.155. The molecule has 0 aliphatic rings. The van der Waals surface area contributed by atoms with E-state index in [1.165, 1.54) is 10.9 Å². The summed E-state index contributed by atoms with van der Waals surface area (Å²) >= 11 is 0. The van der Waals surface area contributed by atoms with Crippen molar-refractivity contribution in [3.05, 3.63) is 49.3 Å². The molecular weight excluding hydrogens is 254 g/mol. The molecule has 2 aromatic heterocycles.